The maximum atomic E-state index is 10.9. The molecule has 0 aliphatic heterocycles. The van der Waals surface area contributed by atoms with Crippen LogP contribution in [0.15, 0.2) is 0 Å². The smallest absolute Gasteiger partial charge is 0.407 e. The molecule has 0 saturated carbocycles. The molecule has 0 aliphatic rings. The molecule has 13 heavy (non-hydrogen) atoms. The second kappa shape index (κ2) is 5.07. The van der Waals surface area contributed by atoms with E-state index in [4.69, 9.17) is 10.8 Å². The SMILES string of the molecule is CCCN(C(=O)O)C(C)(C)CCN. The van der Waals surface area contributed by atoms with Crippen LogP contribution in [0.25, 0.3) is 0 Å². The Balaban J connectivity index is 4.41. The van der Waals surface area contributed by atoms with Crippen LogP contribution in [0.3, 0.4) is 0 Å². The van der Waals surface area contributed by atoms with Gasteiger partial charge in [-0.3, -0.25) is 0 Å². The molecule has 0 aliphatic carbocycles. The van der Waals surface area contributed by atoms with Gasteiger partial charge in [-0.05, 0) is 33.2 Å². The molecule has 0 radical (unpaired) electrons. The fourth-order valence-electron chi connectivity index (χ4n) is 1.37. The fourth-order valence-corrected chi connectivity index (χ4v) is 1.37. The molecule has 0 aromatic rings. The highest BCUT2D eigenvalue weighted by atomic mass is 16.4. The van der Waals surface area contributed by atoms with Crippen LogP contribution >= 0.6 is 0 Å². The van der Waals surface area contributed by atoms with Gasteiger partial charge in [0.2, 0.25) is 0 Å². The normalized spacial score (nSPS) is 11.4. The molecule has 0 saturated heterocycles. The zero-order valence-electron chi connectivity index (χ0n) is 8.71. The molecular weight excluding hydrogens is 168 g/mol. The molecule has 0 aromatic heterocycles. The highest BCUT2D eigenvalue weighted by Crippen LogP contribution is 2.18. The lowest BCUT2D eigenvalue weighted by atomic mass is 9.98. The number of carboxylic acid groups (broad SMARTS) is 1. The van der Waals surface area contributed by atoms with Crippen molar-refractivity contribution in [2.75, 3.05) is 13.1 Å². The molecule has 4 heteroatoms. The summed E-state index contributed by atoms with van der Waals surface area (Å²) >= 11 is 0. The van der Waals surface area contributed by atoms with E-state index in [-0.39, 0.29) is 5.54 Å². The van der Waals surface area contributed by atoms with Gasteiger partial charge in [0.25, 0.3) is 0 Å². The summed E-state index contributed by atoms with van der Waals surface area (Å²) in [6, 6.07) is 0. The number of rotatable bonds is 5. The fraction of sp³-hybridized carbons (Fsp3) is 0.889. The Morgan fingerprint density at radius 2 is 2.08 bits per heavy atom. The van der Waals surface area contributed by atoms with Crippen molar-refractivity contribution < 1.29 is 9.90 Å². The van der Waals surface area contributed by atoms with Crippen LogP contribution in [0, 0.1) is 0 Å². The van der Waals surface area contributed by atoms with Crippen molar-refractivity contribution >= 4 is 6.09 Å². The lowest BCUT2D eigenvalue weighted by Gasteiger charge is -2.36. The summed E-state index contributed by atoms with van der Waals surface area (Å²) in [5.41, 5.74) is 5.08. The molecule has 78 valence electrons. The van der Waals surface area contributed by atoms with Crippen molar-refractivity contribution in [3.8, 4) is 0 Å². The van der Waals surface area contributed by atoms with Crippen molar-refractivity contribution in [1.29, 1.82) is 0 Å². The summed E-state index contributed by atoms with van der Waals surface area (Å²) < 4.78 is 0. The first-order valence-corrected chi connectivity index (χ1v) is 4.66. The van der Waals surface area contributed by atoms with E-state index in [1.165, 1.54) is 4.90 Å². The Morgan fingerprint density at radius 1 is 1.54 bits per heavy atom. The van der Waals surface area contributed by atoms with Gasteiger partial charge in [-0.25, -0.2) is 4.79 Å². The highest BCUT2D eigenvalue weighted by Gasteiger charge is 2.28. The van der Waals surface area contributed by atoms with Gasteiger partial charge in [0, 0.05) is 12.1 Å². The molecular formula is C9H20N2O2. The maximum Gasteiger partial charge on any atom is 0.407 e. The Labute approximate surface area is 79.7 Å². The molecule has 0 unspecified atom stereocenters. The van der Waals surface area contributed by atoms with Gasteiger partial charge >= 0.3 is 6.09 Å². The molecule has 0 heterocycles. The molecule has 0 bridgehead atoms. The van der Waals surface area contributed by atoms with Crippen LogP contribution in [-0.2, 0) is 0 Å². The average molecular weight is 188 g/mol. The van der Waals surface area contributed by atoms with Crippen LogP contribution in [0.5, 0.6) is 0 Å². The Hall–Kier alpha value is -0.770. The largest absolute Gasteiger partial charge is 0.465 e. The number of nitrogens with zero attached hydrogens (tertiary/aromatic N) is 1. The van der Waals surface area contributed by atoms with E-state index in [0.29, 0.717) is 19.5 Å². The van der Waals surface area contributed by atoms with Crippen LogP contribution in [-0.4, -0.2) is 34.7 Å². The van der Waals surface area contributed by atoms with Crippen LogP contribution < -0.4 is 5.73 Å². The quantitative estimate of drug-likeness (QED) is 0.687. The molecule has 0 atom stereocenters. The monoisotopic (exact) mass is 188 g/mol. The van der Waals surface area contributed by atoms with Crippen LogP contribution in [0.2, 0.25) is 0 Å². The van der Waals surface area contributed by atoms with E-state index in [1.54, 1.807) is 0 Å². The number of amides is 1. The van der Waals surface area contributed by atoms with Crippen molar-refractivity contribution in [2.24, 2.45) is 5.73 Å². The Morgan fingerprint density at radius 3 is 2.38 bits per heavy atom. The predicted octanol–water partition coefficient (Wildman–Crippen LogP) is 1.50. The summed E-state index contributed by atoms with van der Waals surface area (Å²) in [6.07, 6.45) is 0.667. The molecule has 4 nitrogen and oxygen atoms in total. The van der Waals surface area contributed by atoms with E-state index in [1.807, 2.05) is 20.8 Å². The van der Waals surface area contributed by atoms with Gasteiger partial charge in [0.05, 0.1) is 0 Å². The standard InChI is InChI=1S/C9H20N2O2/c1-4-7-11(8(12)13)9(2,3)5-6-10/h4-7,10H2,1-3H3,(H,12,13). The minimum atomic E-state index is -0.861. The highest BCUT2D eigenvalue weighted by molar-refractivity contribution is 5.66. The van der Waals surface area contributed by atoms with Crippen LogP contribution in [0.4, 0.5) is 4.79 Å². The minimum absolute atomic E-state index is 0.351. The van der Waals surface area contributed by atoms with E-state index in [0.717, 1.165) is 6.42 Å². The van der Waals surface area contributed by atoms with E-state index in [2.05, 4.69) is 0 Å². The Bertz CT molecular complexity index is 169. The van der Waals surface area contributed by atoms with Gasteiger partial charge < -0.3 is 15.7 Å². The third-order valence-electron chi connectivity index (χ3n) is 2.16. The zero-order chi connectivity index (χ0) is 10.5. The maximum absolute atomic E-state index is 10.9. The van der Waals surface area contributed by atoms with Gasteiger partial charge in [-0.15, -0.1) is 0 Å². The van der Waals surface area contributed by atoms with Gasteiger partial charge in [0.15, 0.2) is 0 Å². The van der Waals surface area contributed by atoms with Gasteiger partial charge in [-0.2, -0.15) is 0 Å². The second-order valence-corrected chi connectivity index (χ2v) is 3.79. The summed E-state index contributed by atoms with van der Waals surface area (Å²) in [7, 11) is 0. The lowest BCUT2D eigenvalue weighted by Crippen LogP contribution is -2.48. The molecule has 0 aromatic carbocycles. The average Bonchev–Trinajstić information content (AvgIpc) is 1.99. The first-order valence-electron chi connectivity index (χ1n) is 4.66. The number of carbonyl (C=O) groups is 1. The van der Waals surface area contributed by atoms with E-state index in [9.17, 15) is 4.79 Å². The number of nitrogens with two attached hydrogens (primary N) is 1. The van der Waals surface area contributed by atoms with Crippen molar-refractivity contribution in [3.05, 3.63) is 0 Å². The summed E-state index contributed by atoms with van der Waals surface area (Å²) in [5.74, 6) is 0. The molecule has 3 N–H and O–H groups in total. The summed E-state index contributed by atoms with van der Waals surface area (Å²) in [5, 5.41) is 8.95. The lowest BCUT2D eigenvalue weighted by molar-refractivity contribution is 0.0889. The molecule has 0 fully saturated rings. The second-order valence-electron chi connectivity index (χ2n) is 3.79. The Kier molecular flexibility index (Phi) is 4.77. The topological polar surface area (TPSA) is 66.6 Å². The van der Waals surface area contributed by atoms with E-state index < -0.39 is 6.09 Å². The van der Waals surface area contributed by atoms with Gasteiger partial charge in [-0.1, -0.05) is 6.92 Å². The van der Waals surface area contributed by atoms with Crippen molar-refractivity contribution in [1.82, 2.24) is 4.90 Å². The first-order chi connectivity index (χ1) is 5.95. The number of hydrogen-bond acceptors (Lipinski definition) is 2. The third-order valence-corrected chi connectivity index (χ3v) is 2.16. The summed E-state index contributed by atoms with van der Waals surface area (Å²) in [4.78, 5) is 12.4. The van der Waals surface area contributed by atoms with Gasteiger partial charge in [0.1, 0.15) is 0 Å². The number of hydrogen-bond donors (Lipinski definition) is 2. The molecule has 0 rings (SSSR count). The first kappa shape index (κ1) is 12.2. The summed E-state index contributed by atoms with van der Waals surface area (Å²) in [6.45, 7) is 6.87. The molecule has 0 spiro atoms. The van der Waals surface area contributed by atoms with Crippen molar-refractivity contribution in [3.63, 3.8) is 0 Å². The minimum Gasteiger partial charge on any atom is -0.465 e. The predicted molar refractivity (Wildman–Crippen MR) is 52.8 cm³/mol. The van der Waals surface area contributed by atoms with E-state index >= 15 is 0 Å². The third kappa shape index (κ3) is 3.63. The van der Waals surface area contributed by atoms with Crippen LogP contribution in [0.1, 0.15) is 33.6 Å². The zero-order valence-corrected chi connectivity index (χ0v) is 8.71. The molecule has 1 amide bonds. The van der Waals surface area contributed by atoms with Crippen molar-refractivity contribution in [2.45, 2.75) is 39.2 Å².